The highest BCUT2D eigenvalue weighted by atomic mass is 16.5. The fraction of sp³-hybridized carbons (Fsp3) is 0.143. The average Bonchev–Trinajstić information content (AvgIpc) is 3.16. The van der Waals surface area contributed by atoms with E-state index in [0.29, 0.717) is 17.1 Å². The molecule has 1 aromatic carbocycles. The van der Waals surface area contributed by atoms with Crippen molar-refractivity contribution in [3.63, 3.8) is 0 Å². The van der Waals surface area contributed by atoms with Crippen LogP contribution in [0.3, 0.4) is 0 Å². The number of urea groups is 1. The number of hydrogen-bond donors (Lipinski definition) is 2. The van der Waals surface area contributed by atoms with Crippen molar-refractivity contribution >= 4 is 17.7 Å². The molecule has 0 unspecified atom stereocenters. The first kappa shape index (κ1) is 14.6. The largest absolute Gasteiger partial charge is 0.495 e. The Kier molecular flexibility index (Phi) is 3.91. The lowest BCUT2D eigenvalue weighted by molar-refractivity contribution is 0.261. The maximum atomic E-state index is 12.0. The second kappa shape index (κ2) is 6.18. The zero-order valence-corrected chi connectivity index (χ0v) is 12.5. The molecule has 2 aromatic heterocycles. The van der Waals surface area contributed by atoms with E-state index in [0.717, 1.165) is 0 Å². The molecule has 0 spiro atoms. The topological polar surface area (TPSA) is 107 Å². The van der Waals surface area contributed by atoms with Gasteiger partial charge in [0.25, 0.3) is 5.89 Å². The molecular formula is C14H14N6O3. The number of hydrogen-bond acceptors (Lipinski definition) is 6. The monoisotopic (exact) mass is 314 g/mol. The summed E-state index contributed by atoms with van der Waals surface area (Å²) in [5.74, 6) is 0.764. The second-order valence-corrected chi connectivity index (χ2v) is 4.57. The van der Waals surface area contributed by atoms with Crippen molar-refractivity contribution in [1.29, 1.82) is 0 Å². The molecule has 2 heterocycles. The van der Waals surface area contributed by atoms with Crippen molar-refractivity contribution in [3.8, 4) is 17.3 Å². The van der Waals surface area contributed by atoms with Crippen LogP contribution in [0, 0.1) is 0 Å². The number of rotatable bonds is 4. The molecule has 3 rings (SSSR count). The fourth-order valence-corrected chi connectivity index (χ4v) is 1.90. The third-order valence-electron chi connectivity index (χ3n) is 2.93. The molecule has 23 heavy (non-hydrogen) atoms. The molecule has 0 bridgehead atoms. The highest BCUT2D eigenvalue weighted by Gasteiger charge is 2.14. The highest BCUT2D eigenvalue weighted by Crippen LogP contribution is 2.23. The summed E-state index contributed by atoms with van der Waals surface area (Å²) in [5, 5.41) is 16.8. The first-order chi connectivity index (χ1) is 11.2. The summed E-state index contributed by atoms with van der Waals surface area (Å²) in [7, 11) is 3.30. The Morgan fingerprint density at radius 2 is 2.04 bits per heavy atom. The van der Waals surface area contributed by atoms with E-state index in [-0.39, 0.29) is 11.9 Å². The number of ether oxygens (including phenoxy) is 1. The molecule has 9 nitrogen and oxygen atoms in total. The Labute approximate surface area is 131 Å². The minimum Gasteiger partial charge on any atom is -0.495 e. The van der Waals surface area contributed by atoms with E-state index in [1.165, 1.54) is 7.11 Å². The standard InChI is InChI=1S/C14H14N6O3/c1-20-8-7-10(19-20)12-17-18-14(23-12)16-13(21)15-9-5-3-4-6-11(9)22-2/h3-8H,1-2H3,(H2,15,16,18,21). The summed E-state index contributed by atoms with van der Waals surface area (Å²) in [6.07, 6.45) is 1.75. The molecule has 118 valence electrons. The predicted molar refractivity (Wildman–Crippen MR) is 82.1 cm³/mol. The number of nitrogens with zero attached hydrogens (tertiary/aromatic N) is 4. The fourth-order valence-electron chi connectivity index (χ4n) is 1.90. The van der Waals surface area contributed by atoms with Gasteiger partial charge in [-0.15, -0.1) is 5.10 Å². The Hall–Kier alpha value is -3.36. The summed E-state index contributed by atoms with van der Waals surface area (Å²) in [5.41, 5.74) is 1.05. The number of benzene rings is 1. The van der Waals surface area contributed by atoms with E-state index >= 15 is 0 Å². The zero-order chi connectivity index (χ0) is 16.2. The van der Waals surface area contributed by atoms with Crippen molar-refractivity contribution < 1.29 is 13.9 Å². The molecular weight excluding hydrogens is 300 g/mol. The van der Waals surface area contributed by atoms with Gasteiger partial charge in [0.1, 0.15) is 11.4 Å². The molecule has 0 atom stereocenters. The van der Waals surface area contributed by atoms with E-state index in [2.05, 4.69) is 25.9 Å². The van der Waals surface area contributed by atoms with Gasteiger partial charge in [0.05, 0.1) is 12.8 Å². The van der Waals surface area contributed by atoms with Crippen LogP contribution in [0.5, 0.6) is 5.75 Å². The summed E-state index contributed by atoms with van der Waals surface area (Å²) in [6, 6.07) is 8.21. The summed E-state index contributed by atoms with van der Waals surface area (Å²) >= 11 is 0. The first-order valence-electron chi connectivity index (χ1n) is 6.70. The number of para-hydroxylation sites is 2. The molecule has 0 saturated carbocycles. The number of amides is 2. The minimum absolute atomic E-state index is 0.0296. The molecule has 0 saturated heterocycles. The van der Waals surface area contributed by atoms with Gasteiger partial charge in [-0.1, -0.05) is 17.2 Å². The molecule has 0 aliphatic rings. The number of carbonyl (C=O) groups excluding carboxylic acids is 1. The summed E-state index contributed by atoms with van der Waals surface area (Å²) < 4.78 is 12.1. The number of methoxy groups -OCH3 is 1. The normalized spacial score (nSPS) is 10.3. The van der Waals surface area contributed by atoms with Gasteiger partial charge in [-0.3, -0.25) is 10.00 Å². The number of anilines is 2. The Morgan fingerprint density at radius 1 is 1.22 bits per heavy atom. The zero-order valence-electron chi connectivity index (χ0n) is 12.5. The lowest BCUT2D eigenvalue weighted by atomic mass is 10.3. The van der Waals surface area contributed by atoms with Gasteiger partial charge in [-0.2, -0.15) is 5.10 Å². The maximum absolute atomic E-state index is 12.0. The van der Waals surface area contributed by atoms with E-state index in [1.54, 1.807) is 48.3 Å². The van der Waals surface area contributed by atoms with Crippen LogP contribution in [-0.4, -0.2) is 33.1 Å². The molecule has 2 amide bonds. The maximum Gasteiger partial charge on any atom is 0.327 e. The van der Waals surface area contributed by atoms with E-state index < -0.39 is 6.03 Å². The lowest BCUT2D eigenvalue weighted by Gasteiger charge is -2.09. The number of aryl methyl sites for hydroxylation is 1. The third-order valence-corrected chi connectivity index (χ3v) is 2.93. The van der Waals surface area contributed by atoms with Crippen molar-refractivity contribution in [3.05, 3.63) is 36.5 Å². The molecule has 2 N–H and O–H groups in total. The molecule has 0 aliphatic carbocycles. The van der Waals surface area contributed by atoms with Gasteiger partial charge in [0, 0.05) is 13.2 Å². The Balaban J connectivity index is 1.68. The Bertz CT molecular complexity index is 825. The van der Waals surface area contributed by atoms with E-state index in [9.17, 15) is 4.79 Å². The minimum atomic E-state index is -0.522. The lowest BCUT2D eigenvalue weighted by Crippen LogP contribution is -2.20. The second-order valence-electron chi connectivity index (χ2n) is 4.57. The van der Waals surface area contributed by atoms with Crippen LogP contribution >= 0.6 is 0 Å². The summed E-state index contributed by atoms with van der Waals surface area (Å²) in [4.78, 5) is 12.0. The third kappa shape index (κ3) is 3.28. The van der Waals surface area contributed by atoms with Crippen LogP contribution in [0.15, 0.2) is 40.9 Å². The van der Waals surface area contributed by atoms with Crippen LogP contribution in [0.2, 0.25) is 0 Å². The van der Waals surface area contributed by atoms with Crippen LogP contribution < -0.4 is 15.4 Å². The molecule has 3 aromatic rings. The first-order valence-corrected chi connectivity index (χ1v) is 6.70. The molecule has 0 fully saturated rings. The van der Waals surface area contributed by atoms with Gasteiger partial charge >= 0.3 is 12.0 Å². The summed E-state index contributed by atoms with van der Waals surface area (Å²) in [6.45, 7) is 0. The predicted octanol–water partition coefficient (Wildman–Crippen LogP) is 2.12. The number of aromatic nitrogens is 4. The van der Waals surface area contributed by atoms with Gasteiger partial charge in [0.2, 0.25) is 0 Å². The van der Waals surface area contributed by atoms with Gasteiger partial charge < -0.3 is 14.5 Å². The van der Waals surface area contributed by atoms with Gasteiger partial charge in [-0.25, -0.2) is 4.79 Å². The number of carbonyl (C=O) groups is 1. The van der Waals surface area contributed by atoms with Crippen LogP contribution in [-0.2, 0) is 7.05 Å². The van der Waals surface area contributed by atoms with E-state index in [1.807, 2.05) is 0 Å². The van der Waals surface area contributed by atoms with Crippen LogP contribution in [0.4, 0.5) is 16.5 Å². The average molecular weight is 314 g/mol. The Morgan fingerprint density at radius 3 is 2.78 bits per heavy atom. The molecule has 0 aliphatic heterocycles. The smallest absolute Gasteiger partial charge is 0.327 e. The van der Waals surface area contributed by atoms with Crippen molar-refractivity contribution in [1.82, 2.24) is 20.0 Å². The van der Waals surface area contributed by atoms with Crippen molar-refractivity contribution in [2.45, 2.75) is 0 Å². The SMILES string of the molecule is COc1ccccc1NC(=O)Nc1nnc(-c2ccn(C)n2)o1. The molecule has 9 heteroatoms. The van der Waals surface area contributed by atoms with Crippen LogP contribution in [0.25, 0.3) is 11.6 Å². The quantitative estimate of drug-likeness (QED) is 0.764. The molecule has 0 radical (unpaired) electrons. The van der Waals surface area contributed by atoms with Crippen molar-refractivity contribution in [2.24, 2.45) is 7.05 Å². The number of nitrogens with one attached hydrogen (secondary N) is 2. The highest BCUT2D eigenvalue weighted by molar-refractivity contribution is 5.99. The van der Waals surface area contributed by atoms with Gasteiger partial charge in [-0.05, 0) is 18.2 Å². The van der Waals surface area contributed by atoms with Gasteiger partial charge in [0.15, 0.2) is 0 Å². The van der Waals surface area contributed by atoms with E-state index in [4.69, 9.17) is 9.15 Å². The van der Waals surface area contributed by atoms with Crippen LogP contribution in [0.1, 0.15) is 0 Å². The van der Waals surface area contributed by atoms with Crippen molar-refractivity contribution in [2.75, 3.05) is 17.7 Å².